The van der Waals surface area contributed by atoms with Crippen molar-refractivity contribution in [2.75, 3.05) is 39.3 Å². The predicted octanol–water partition coefficient (Wildman–Crippen LogP) is 3.05. The first-order valence-electron chi connectivity index (χ1n) is 10.6. The van der Waals surface area contributed by atoms with Gasteiger partial charge < -0.3 is 14.9 Å². The molecule has 0 unspecified atom stereocenters. The molecule has 4 rings (SSSR count). The average Bonchev–Trinajstić information content (AvgIpc) is 3.01. The number of carbonyl (C=O) groups excluding carboxylic acids is 1. The Bertz CT molecular complexity index is 673. The molecule has 1 aromatic carbocycles. The van der Waals surface area contributed by atoms with Crippen LogP contribution in [0.1, 0.15) is 51.5 Å². The Kier molecular flexibility index (Phi) is 4.84. The fourth-order valence-electron chi connectivity index (χ4n) is 5.56. The lowest BCUT2D eigenvalue weighted by Gasteiger charge is -2.44. The first-order chi connectivity index (χ1) is 12.9. The van der Waals surface area contributed by atoms with Gasteiger partial charge in [0.1, 0.15) is 0 Å². The Morgan fingerprint density at radius 2 is 1.63 bits per heavy atom. The summed E-state index contributed by atoms with van der Waals surface area (Å²) in [6.45, 7) is 9.53. The van der Waals surface area contributed by atoms with E-state index in [4.69, 9.17) is 0 Å². The molecule has 0 bridgehead atoms. The van der Waals surface area contributed by atoms with Crippen molar-refractivity contribution in [2.45, 2.75) is 51.4 Å². The Balaban J connectivity index is 1.46. The average molecular weight is 371 g/mol. The molecule has 1 aromatic rings. The van der Waals surface area contributed by atoms with Crippen LogP contribution >= 0.6 is 0 Å². The van der Waals surface area contributed by atoms with Crippen molar-refractivity contribution in [2.24, 2.45) is 10.8 Å². The van der Waals surface area contributed by atoms with Crippen LogP contribution < -0.4 is 0 Å². The number of hydrogen-bond donors (Lipinski definition) is 1. The topological polar surface area (TPSA) is 43.8 Å². The second-order valence-electron chi connectivity index (χ2n) is 9.77. The minimum absolute atomic E-state index is 0.0203. The fraction of sp³-hybridized carbons (Fsp3) is 0.696. The van der Waals surface area contributed by atoms with Gasteiger partial charge in [0.05, 0.1) is 12.0 Å². The third-order valence-corrected chi connectivity index (χ3v) is 7.57. The van der Waals surface area contributed by atoms with E-state index in [1.165, 1.54) is 12.8 Å². The van der Waals surface area contributed by atoms with Crippen LogP contribution in [0, 0.1) is 10.8 Å². The molecule has 2 saturated heterocycles. The van der Waals surface area contributed by atoms with Crippen LogP contribution in [-0.4, -0.2) is 60.1 Å². The highest BCUT2D eigenvalue weighted by molar-refractivity contribution is 5.93. The zero-order valence-corrected chi connectivity index (χ0v) is 16.9. The van der Waals surface area contributed by atoms with Gasteiger partial charge in [-0.2, -0.15) is 0 Å². The largest absolute Gasteiger partial charge is 0.396 e. The van der Waals surface area contributed by atoms with Gasteiger partial charge in [-0.25, -0.2) is 0 Å². The third kappa shape index (κ3) is 3.21. The first-order valence-corrected chi connectivity index (χ1v) is 10.6. The summed E-state index contributed by atoms with van der Waals surface area (Å²) in [7, 11) is 0. The number of benzene rings is 1. The van der Waals surface area contributed by atoms with E-state index in [1.54, 1.807) is 0 Å². The summed E-state index contributed by atoms with van der Waals surface area (Å²) in [4.78, 5) is 18.2. The molecule has 0 radical (unpaired) electrons. The van der Waals surface area contributed by atoms with Crippen LogP contribution in [0.25, 0.3) is 0 Å². The van der Waals surface area contributed by atoms with Gasteiger partial charge >= 0.3 is 0 Å². The quantitative estimate of drug-likeness (QED) is 0.866. The van der Waals surface area contributed by atoms with Gasteiger partial charge in [0.15, 0.2) is 0 Å². The Hall–Kier alpha value is -1.39. The molecule has 4 nitrogen and oxygen atoms in total. The molecular weight excluding hydrogens is 336 g/mol. The van der Waals surface area contributed by atoms with E-state index in [9.17, 15) is 9.90 Å². The van der Waals surface area contributed by atoms with E-state index in [-0.39, 0.29) is 22.9 Å². The number of likely N-dealkylation sites (tertiary alicyclic amines) is 2. The Morgan fingerprint density at radius 1 is 1.04 bits per heavy atom. The lowest BCUT2D eigenvalue weighted by atomic mass is 9.77. The number of hydrogen-bond acceptors (Lipinski definition) is 3. The second-order valence-corrected chi connectivity index (χ2v) is 9.77. The number of piperidine rings is 1. The van der Waals surface area contributed by atoms with Gasteiger partial charge in [-0.3, -0.25) is 4.79 Å². The van der Waals surface area contributed by atoms with Crippen LogP contribution in [-0.2, 0) is 10.2 Å². The van der Waals surface area contributed by atoms with Crippen LogP contribution in [0.5, 0.6) is 0 Å². The highest BCUT2D eigenvalue weighted by atomic mass is 16.3. The van der Waals surface area contributed by atoms with E-state index < -0.39 is 0 Å². The summed E-state index contributed by atoms with van der Waals surface area (Å²) in [5.74, 6) is 0.298. The molecule has 0 spiro atoms. The van der Waals surface area contributed by atoms with Gasteiger partial charge in [0.2, 0.25) is 5.91 Å². The zero-order valence-electron chi connectivity index (χ0n) is 16.9. The maximum Gasteiger partial charge on any atom is 0.233 e. The zero-order chi connectivity index (χ0) is 19.1. The van der Waals surface area contributed by atoms with Crippen LogP contribution in [0.3, 0.4) is 0 Å². The number of nitrogens with zero attached hydrogens (tertiary/aromatic N) is 2. The molecule has 3 fully saturated rings. The predicted molar refractivity (Wildman–Crippen MR) is 108 cm³/mol. The van der Waals surface area contributed by atoms with E-state index in [2.05, 4.69) is 35.8 Å². The Labute approximate surface area is 163 Å². The van der Waals surface area contributed by atoms with Crippen molar-refractivity contribution in [1.29, 1.82) is 0 Å². The number of aliphatic hydroxyl groups is 1. The van der Waals surface area contributed by atoms with E-state index in [1.807, 2.05) is 18.2 Å². The smallest absolute Gasteiger partial charge is 0.233 e. The SMILES string of the molecule is CC1(C)C[C@]1(C(=O)N1CCC(CO)(CN2CCCC2)CC1)c1ccccc1. The maximum absolute atomic E-state index is 13.6. The monoisotopic (exact) mass is 370 g/mol. The highest BCUT2D eigenvalue weighted by Crippen LogP contribution is 2.65. The van der Waals surface area contributed by atoms with Gasteiger partial charge in [-0.15, -0.1) is 0 Å². The lowest BCUT2D eigenvalue weighted by molar-refractivity contribution is -0.138. The molecule has 4 heteroatoms. The van der Waals surface area contributed by atoms with Gasteiger partial charge in [-0.1, -0.05) is 44.2 Å². The number of rotatable bonds is 5. The first kappa shape index (κ1) is 18.9. The normalized spacial score (nSPS) is 29.7. The van der Waals surface area contributed by atoms with Crippen LogP contribution in [0.4, 0.5) is 0 Å². The summed E-state index contributed by atoms with van der Waals surface area (Å²) in [6, 6.07) is 10.3. The summed E-state index contributed by atoms with van der Waals surface area (Å²) < 4.78 is 0. The number of carbonyl (C=O) groups is 1. The van der Waals surface area contributed by atoms with E-state index in [0.29, 0.717) is 5.91 Å². The summed E-state index contributed by atoms with van der Waals surface area (Å²) >= 11 is 0. The highest BCUT2D eigenvalue weighted by Gasteiger charge is 2.68. The third-order valence-electron chi connectivity index (χ3n) is 7.57. The van der Waals surface area contributed by atoms with Gasteiger partial charge in [-0.05, 0) is 56.2 Å². The number of amides is 1. The van der Waals surface area contributed by atoms with Crippen molar-refractivity contribution in [3.05, 3.63) is 35.9 Å². The van der Waals surface area contributed by atoms with E-state index in [0.717, 1.165) is 57.5 Å². The van der Waals surface area contributed by atoms with E-state index >= 15 is 0 Å². The van der Waals surface area contributed by atoms with Crippen molar-refractivity contribution < 1.29 is 9.90 Å². The van der Waals surface area contributed by atoms with Gasteiger partial charge in [0.25, 0.3) is 0 Å². The molecule has 148 valence electrons. The maximum atomic E-state index is 13.6. The molecule has 1 aliphatic carbocycles. The standard InChI is InChI=1S/C23H34N2O2/c1-21(2)16-23(21,19-8-4-3-5-9-19)20(27)25-14-10-22(18-26,11-15-25)17-24-12-6-7-13-24/h3-5,8-9,26H,6-7,10-18H2,1-2H3/t23-/m1/s1. The lowest BCUT2D eigenvalue weighted by Crippen LogP contribution is -2.52. The number of aliphatic hydroxyl groups excluding tert-OH is 1. The van der Waals surface area contributed by atoms with Crippen molar-refractivity contribution >= 4 is 5.91 Å². The van der Waals surface area contributed by atoms with Gasteiger partial charge in [0, 0.05) is 25.0 Å². The van der Waals surface area contributed by atoms with Crippen LogP contribution in [0.15, 0.2) is 30.3 Å². The molecule has 2 aliphatic heterocycles. The molecular formula is C23H34N2O2. The second kappa shape index (κ2) is 6.89. The Morgan fingerprint density at radius 3 is 2.15 bits per heavy atom. The van der Waals surface area contributed by atoms with Crippen LogP contribution in [0.2, 0.25) is 0 Å². The molecule has 1 amide bonds. The summed E-state index contributed by atoms with van der Waals surface area (Å²) in [5, 5.41) is 10.1. The molecule has 1 N–H and O–H groups in total. The summed E-state index contributed by atoms with van der Waals surface area (Å²) in [6.07, 6.45) is 5.31. The molecule has 1 saturated carbocycles. The molecule has 1 atom stereocenters. The molecule has 0 aromatic heterocycles. The minimum atomic E-state index is -0.359. The molecule has 27 heavy (non-hydrogen) atoms. The minimum Gasteiger partial charge on any atom is -0.396 e. The molecule has 3 aliphatic rings. The van der Waals surface area contributed by atoms with Crippen molar-refractivity contribution in [3.8, 4) is 0 Å². The summed E-state index contributed by atoms with van der Waals surface area (Å²) in [5.41, 5.74) is 0.797. The van der Waals surface area contributed by atoms with Crippen molar-refractivity contribution in [3.63, 3.8) is 0 Å². The van der Waals surface area contributed by atoms with Crippen molar-refractivity contribution in [1.82, 2.24) is 9.80 Å². The fourth-order valence-corrected chi connectivity index (χ4v) is 5.56. The molecule has 2 heterocycles.